The Bertz CT molecular complexity index is 390. The summed E-state index contributed by atoms with van der Waals surface area (Å²) in [6, 6.07) is 0. The average Bonchev–Trinajstić information content (AvgIpc) is 3.11. The van der Waals surface area contributed by atoms with Crippen LogP contribution in [0.3, 0.4) is 0 Å². The highest BCUT2D eigenvalue weighted by molar-refractivity contribution is 14.0. The fraction of sp³-hybridized carbons (Fsp3) is 0.889. The van der Waals surface area contributed by atoms with Crippen LogP contribution in [0.25, 0.3) is 0 Å². The first-order chi connectivity index (χ1) is 11.2. The number of esters is 1. The zero-order chi connectivity index (χ0) is 16.5. The summed E-state index contributed by atoms with van der Waals surface area (Å²) >= 11 is 0. The molecule has 0 radical (unpaired) electrons. The van der Waals surface area contributed by atoms with Crippen molar-refractivity contribution in [2.75, 3.05) is 33.8 Å². The summed E-state index contributed by atoms with van der Waals surface area (Å²) < 4.78 is 4.84. The smallest absolute Gasteiger partial charge is 0.308 e. The molecule has 1 aliphatic carbocycles. The molecule has 0 bridgehead atoms. The number of aliphatic imine (C=N–C) groups is 1. The van der Waals surface area contributed by atoms with Crippen molar-refractivity contribution < 1.29 is 9.53 Å². The Balaban J connectivity index is 0.00000288. The van der Waals surface area contributed by atoms with Crippen molar-refractivity contribution in [3.63, 3.8) is 0 Å². The van der Waals surface area contributed by atoms with E-state index in [2.05, 4.69) is 15.2 Å². The van der Waals surface area contributed by atoms with Gasteiger partial charge in [0.1, 0.15) is 0 Å². The van der Waals surface area contributed by atoms with E-state index in [1.54, 1.807) is 0 Å². The monoisotopic (exact) mass is 451 g/mol. The predicted molar refractivity (Wildman–Crippen MR) is 109 cm³/mol. The highest BCUT2D eigenvalue weighted by atomic mass is 127. The third kappa shape index (κ3) is 6.76. The number of carbonyl (C=O) groups is 1. The predicted octanol–water partition coefficient (Wildman–Crippen LogP) is 3.43. The average molecular weight is 451 g/mol. The molecule has 24 heavy (non-hydrogen) atoms. The van der Waals surface area contributed by atoms with Crippen LogP contribution >= 0.6 is 24.0 Å². The lowest BCUT2D eigenvalue weighted by Crippen LogP contribution is -2.46. The quantitative estimate of drug-likeness (QED) is 0.221. The van der Waals surface area contributed by atoms with Gasteiger partial charge in [-0.15, -0.1) is 24.0 Å². The van der Waals surface area contributed by atoms with Gasteiger partial charge in [-0.2, -0.15) is 0 Å². The number of rotatable bonds is 6. The van der Waals surface area contributed by atoms with Gasteiger partial charge < -0.3 is 15.0 Å². The van der Waals surface area contributed by atoms with Crippen LogP contribution in [0.15, 0.2) is 4.99 Å². The van der Waals surface area contributed by atoms with Crippen LogP contribution in [0, 0.1) is 11.8 Å². The van der Waals surface area contributed by atoms with E-state index in [4.69, 9.17) is 4.74 Å². The lowest BCUT2D eigenvalue weighted by molar-refractivity contribution is -0.146. The van der Waals surface area contributed by atoms with Gasteiger partial charge in [0.25, 0.3) is 0 Å². The second-order valence-electron chi connectivity index (χ2n) is 6.90. The lowest BCUT2D eigenvalue weighted by Gasteiger charge is -2.33. The second kappa shape index (κ2) is 11.9. The summed E-state index contributed by atoms with van der Waals surface area (Å²) in [5.74, 6) is 1.96. The number of nitrogens with one attached hydrogen (secondary N) is 1. The molecular formula is C18H34IN3O2. The van der Waals surface area contributed by atoms with Crippen molar-refractivity contribution in [3.05, 3.63) is 0 Å². The molecule has 0 aromatic heterocycles. The van der Waals surface area contributed by atoms with Crippen LogP contribution < -0.4 is 5.32 Å². The standard InChI is InChI=1S/C18H33N3O2.HI/c1-19-18(20-12-6-5-9-15-7-3-4-8-15)21-13-10-16(11-14-21)17(22)23-2;/h15-16H,3-14H2,1-2H3,(H,19,20);1H. The molecule has 1 saturated heterocycles. The van der Waals surface area contributed by atoms with Gasteiger partial charge in [-0.3, -0.25) is 9.79 Å². The SMILES string of the molecule is CN=C(NCCCCC1CCCC1)N1CCC(C(=O)OC)CC1.I. The van der Waals surface area contributed by atoms with Gasteiger partial charge in [-0.1, -0.05) is 38.5 Å². The second-order valence-corrected chi connectivity index (χ2v) is 6.90. The number of hydrogen-bond acceptors (Lipinski definition) is 3. The molecule has 0 aromatic rings. The van der Waals surface area contributed by atoms with Crippen molar-refractivity contribution in [1.82, 2.24) is 10.2 Å². The number of ether oxygens (including phenoxy) is 1. The Morgan fingerprint density at radius 3 is 2.42 bits per heavy atom. The van der Waals surface area contributed by atoms with Gasteiger partial charge in [0.05, 0.1) is 13.0 Å². The molecule has 0 amide bonds. The minimum Gasteiger partial charge on any atom is -0.469 e. The van der Waals surface area contributed by atoms with E-state index >= 15 is 0 Å². The molecule has 0 unspecified atom stereocenters. The fourth-order valence-corrected chi connectivity index (χ4v) is 3.88. The molecule has 2 fully saturated rings. The Hall–Kier alpha value is -0.530. The first-order valence-electron chi connectivity index (χ1n) is 9.28. The molecule has 2 aliphatic rings. The number of unbranched alkanes of at least 4 members (excludes halogenated alkanes) is 1. The first-order valence-corrected chi connectivity index (χ1v) is 9.28. The lowest BCUT2D eigenvalue weighted by atomic mass is 9.97. The largest absolute Gasteiger partial charge is 0.469 e. The van der Waals surface area contributed by atoms with Crippen molar-refractivity contribution >= 4 is 35.9 Å². The minimum atomic E-state index is -0.0699. The molecule has 2 rings (SSSR count). The number of piperidine rings is 1. The van der Waals surface area contributed by atoms with Crippen molar-refractivity contribution in [3.8, 4) is 0 Å². The van der Waals surface area contributed by atoms with E-state index in [0.29, 0.717) is 0 Å². The molecule has 1 N–H and O–H groups in total. The van der Waals surface area contributed by atoms with Crippen molar-refractivity contribution in [2.45, 2.75) is 57.8 Å². The maximum absolute atomic E-state index is 11.6. The number of nitrogens with zero attached hydrogens (tertiary/aromatic N) is 2. The van der Waals surface area contributed by atoms with Crippen LogP contribution in [0.5, 0.6) is 0 Å². The van der Waals surface area contributed by atoms with E-state index < -0.39 is 0 Å². The molecule has 0 atom stereocenters. The van der Waals surface area contributed by atoms with E-state index in [1.165, 1.54) is 52.1 Å². The topological polar surface area (TPSA) is 53.9 Å². The summed E-state index contributed by atoms with van der Waals surface area (Å²) in [6.07, 6.45) is 11.4. The number of carbonyl (C=O) groups excluding carboxylic acids is 1. The maximum Gasteiger partial charge on any atom is 0.308 e. The molecule has 5 nitrogen and oxygen atoms in total. The first kappa shape index (κ1) is 21.5. The fourth-order valence-electron chi connectivity index (χ4n) is 3.88. The van der Waals surface area contributed by atoms with Gasteiger partial charge in [-0.25, -0.2) is 0 Å². The van der Waals surface area contributed by atoms with Crippen LogP contribution in [-0.2, 0) is 9.53 Å². The normalized spacial score (nSPS) is 19.9. The van der Waals surface area contributed by atoms with Crippen LogP contribution in [0.1, 0.15) is 57.8 Å². The molecule has 0 aromatic carbocycles. The number of hydrogen-bond donors (Lipinski definition) is 1. The Morgan fingerprint density at radius 2 is 1.83 bits per heavy atom. The van der Waals surface area contributed by atoms with E-state index in [9.17, 15) is 4.79 Å². The summed E-state index contributed by atoms with van der Waals surface area (Å²) in [5.41, 5.74) is 0. The minimum absolute atomic E-state index is 0. The van der Waals surface area contributed by atoms with Gasteiger partial charge in [0.15, 0.2) is 5.96 Å². The molecule has 6 heteroatoms. The molecule has 1 aliphatic heterocycles. The number of halogens is 1. The molecule has 1 heterocycles. The van der Waals surface area contributed by atoms with E-state index in [-0.39, 0.29) is 35.9 Å². The molecule has 1 saturated carbocycles. The van der Waals surface area contributed by atoms with Gasteiger partial charge in [-0.05, 0) is 25.2 Å². The Labute approximate surface area is 164 Å². The summed E-state index contributed by atoms with van der Waals surface area (Å²) in [6.45, 7) is 2.75. The zero-order valence-electron chi connectivity index (χ0n) is 15.3. The number of guanidine groups is 1. The maximum atomic E-state index is 11.6. The van der Waals surface area contributed by atoms with Crippen molar-refractivity contribution in [2.24, 2.45) is 16.8 Å². The zero-order valence-corrected chi connectivity index (χ0v) is 17.6. The Kier molecular flexibility index (Phi) is 10.7. The van der Waals surface area contributed by atoms with Crippen LogP contribution in [0.2, 0.25) is 0 Å². The van der Waals surface area contributed by atoms with Gasteiger partial charge in [0, 0.05) is 26.7 Å². The number of likely N-dealkylation sites (tertiary alicyclic amines) is 1. The third-order valence-corrected chi connectivity index (χ3v) is 5.34. The Morgan fingerprint density at radius 1 is 1.17 bits per heavy atom. The van der Waals surface area contributed by atoms with Crippen molar-refractivity contribution in [1.29, 1.82) is 0 Å². The van der Waals surface area contributed by atoms with Crippen LogP contribution in [-0.4, -0.2) is 50.6 Å². The molecule has 0 spiro atoms. The highest BCUT2D eigenvalue weighted by Crippen LogP contribution is 2.28. The molecular weight excluding hydrogens is 417 g/mol. The molecule has 140 valence electrons. The number of methoxy groups -OCH3 is 1. The summed E-state index contributed by atoms with van der Waals surface area (Å²) in [5, 5.41) is 3.48. The summed E-state index contributed by atoms with van der Waals surface area (Å²) in [4.78, 5) is 18.2. The van der Waals surface area contributed by atoms with E-state index in [1.807, 2.05) is 7.05 Å². The third-order valence-electron chi connectivity index (χ3n) is 5.34. The van der Waals surface area contributed by atoms with Gasteiger partial charge >= 0.3 is 5.97 Å². The highest BCUT2D eigenvalue weighted by Gasteiger charge is 2.26. The van der Waals surface area contributed by atoms with Crippen LogP contribution in [0.4, 0.5) is 0 Å². The van der Waals surface area contributed by atoms with E-state index in [0.717, 1.165) is 44.4 Å². The summed E-state index contributed by atoms with van der Waals surface area (Å²) in [7, 11) is 3.31. The van der Waals surface area contributed by atoms with Gasteiger partial charge in [0.2, 0.25) is 0 Å².